The van der Waals surface area contributed by atoms with Crippen molar-refractivity contribution in [3.8, 4) is 0 Å². The number of ketones is 1. The van der Waals surface area contributed by atoms with Gasteiger partial charge in [0.05, 0.1) is 0 Å². The molecule has 1 aliphatic carbocycles. The van der Waals surface area contributed by atoms with Crippen LogP contribution >= 0.6 is 0 Å². The van der Waals surface area contributed by atoms with Crippen LogP contribution in [0.15, 0.2) is 24.3 Å². The summed E-state index contributed by atoms with van der Waals surface area (Å²) in [6.07, 6.45) is 5.40. The molecule has 1 fully saturated rings. The predicted molar refractivity (Wildman–Crippen MR) is 72.4 cm³/mol. The van der Waals surface area contributed by atoms with Gasteiger partial charge in [-0.2, -0.15) is 0 Å². The number of nitrogens with zero attached hydrogens (tertiary/aromatic N) is 1. The number of benzene rings is 1. The van der Waals surface area contributed by atoms with E-state index in [1.807, 2.05) is 0 Å². The van der Waals surface area contributed by atoms with Gasteiger partial charge in [0.1, 0.15) is 5.78 Å². The van der Waals surface area contributed by atoms with E-state index in [1.54, 1.807) is 0 Å². The topological polar surface area (TPSA) is 20.3 Å². The zero-order chi connectivity index (χ0) is 12.4. The van der Waals surface area contributed by atoms with E-state index in [1.165, 1.54) is 17.5 Å². The number of carbonyl (C=O) groups is 1. The quantitative estimate of drug-likeness (QED) is 0.796. The molecule has 3 rings (SSSR count). The molecule has 1 unspecified atom stereocenters. The Kier molecular flexibility index (Phi) is 3.46. The minimum atomic E-state index is 0.309. The molecule has 0 saturated heterocycles. The first-order chi connectivity index (χ1) is 8.83. The molecule has 0 bridgehead atoms. The Morgan fingerprint density at radius 2 is 1.94 bits per heavy atom. The van der Waals surface area contributed by atoms with Gasteiger partial charge in [-0.3, -0.25) is 9.69 Å². The van der Waals surface area contributed by atoms with Crippen molar-refractivity contribution in [2.75, 3.05) is 13.1 Å². The molecule has 1 saturated carbocycles. The SMILES string of the molecule is O=C1CCCCC1CN1CCc2ccccc2C1. The molecule has 0 spiro atoms. The Hall–Kier alpha value is -1.15. The van der Waals surface area contributed by atoms with Gasteiger partial charge in [0.25, 0.3) is 0 Å². The summed E-state index contributed by atoms with van der Waals surface area (Å²) in [6.45, 7) is 3.12. The Morgan fingerprint density at radius 1 is 1.11 bits per heavy atom. The third-order valence-electron chi connectivity index (χ3n) is 4.37. The van der Waals surface area contributed by atoms with E-state index in [0.29, 0.717) is 11.7 Å². The molecule has 0 radical (unpaired) electrons. The average molecular weight is 243 g/mol. The molecular weight excluding hydrogens is 222 g/mol. The monoisotopic (exact) mass is 243 g/mol. The van der Waals surface area contributed by atoms with Gasteiger partial charge in [-0.05, 0) is 30.4 Å². The third kappa shape index (κ3) is 2.49. The number of hydrogen-bond acceptors (Lipinski definition) is 2. The summed E-state index contributed by atoms with van der Waals surface area (Å²) in [5.74, 6) is 0.809. The van der Waals surface area contributed by atoms with Gasteiger partial charge in [-0.25, -0.2) is 0 Å². The fraction of sp³-hybridized carbons (Fsp3) is 0.562. The Morgan fingerprint density at radius 3 is 2.78 bits per heavy atom. The molecule has 96 valence electrons. The zero-order valence-electron chi connectivity index (χ0n) is 10.9. The Labute approximate surface area is 109 Å². The van der Waals surface area contributed by atoms with Gasteiger partial charge in [-0.1, -0.05) is 30.7 Å². The van der Waals surface area contributed by atoms with Crippen molar-refractivity contribution in [3.05, 3.63) is 35.4 Å². The second-order valence-corrected chi connectivity index (χ2v) is 5.66. The van der Waals surface area contributed by atoms with Gasteiger partial charge in [0, 0.05) is 32.0 Å². The van der Waals surface area contributed by atoms with Crippen LogP contribution < -0.4 is 0 Å². The van der Waals surface area contributed by atoms with Crippen LogP contribution in [-0.2, 0) is 17.8 Å². The number of carbonyl (C=O) groups excluding carboxylic acids is 1. The van der Waals surface area contributed by atoms with E-state index in [9.17, 15) is 4.79 Å². The van der Waals surface area contributed by atoms with E-state index >= 15 is 0 Å². The van der Waals surface area contributed by atoms with E-state index in [-0.39, 0.29) is 0 Å². The van der Waals surface area contributed by atoms with Crippen molar-refractivity contribution < 1.29 is 4.79 Å². The maximum Gasteiger partial charge on any atom is 0.137 e. The first-order valence-corrected chi connectivity index (χ1v) is 7.15. The van der Waals surface area contributed by atoms with Gasteiger partial charge in [0.2, 0.25) is 0 Å². The largest absolute Gasteiger partial charge is 0.299 e. The minimum absolute atomic E-state index is 0.309. The van der Waals surface area contributed by atoms with Crippen LogP contribution in [0, 0.1) is 5.92 Å². The summed E-state index contributed by atoms with van der Waals surface area (Å²) in [7, 11) is 0. The number of rotatable bonds is 2. The van der Waals surface area contributed by atoms with E-state index in [4.69, 9.17) is 0 Å². The summed E-state index contributed by atoms with van der Waals surface area (Å²) in [5.41, 5.74) is 2.94. The number of fused-ring (bicyclic) bond motifs is 1. The van der Waals surface area contributed by atoms with Crippen LogP contribution in [0.2, 0.25) is 0 Å². The molecule has 1 aliphatic heterocycles. The number of Topliss-reactive ketones (excluding diaryl/α,β-unsaturated/α-hetero) is 1. The molecule has 1 heterocycles. The molecule has 1 aromatic rings. The first-order valence-electron chi connectivity index (χ1n) is 7.15. The highest BCUT2D eigenvalue weighted by Gasteiger charge is 2.25. The van der Waals surface area contributed by atoms with Crippen LogP contribution in [0.5, 0.6) is 0 Å². The summed E-state index contributed by atoms with van der Waals surface area (Å²) >= 11 is 0. The lowest BCUT2D eigenvalue weighted by Crippen LogP contribution is -2.37. The summed E-state index contributed by atoms with van der Waals surface area (Å²) < 4.78 is 0. The van der Waals surface area contributed by atoms with Crippen LogP contribution in [0.4, 0.5) is 0 Å². The van der Waals surface area contributed by atoms with E-state index < -0.39 is 0 Å². The zero-order valence-corrected chi connectivity index (χ0v) is 10.9. The maximum atomic E-state index is 11.9. The summed E-state index contributed by atoms with van der Waals surface area (Å²) in [5, 5.41) is 0. The molecule has 2 heteroatoms. The van der Waals surface area contributed by atoms with Crippen molar-refractivity contribution in [1.82, 2.24) is 4.90 Å². The number of hydrogen-bond donors (Lipinski definition) is 0. The second-order valence-electron chi connectivity index (χ2n) is 5.66. The minimum Gasteiger partial charge on any atom is -0.299 e. The second kappa shape index (κ2) is 5.23. The third-order valence-corrected chi connectivity index (χ3v) is 4.37. The van der Waals surface area contributed by atoms with E-state index in [0.717, 1.165) is 45.3 Å². The lowest BCUT2D eigenvalue weighted by atomic mass is 9.87. The normalized spacial score (nSPS) is 24.9. The van der Waals surface area contributed by atoms with Crippen LogP contribution in [0.3, 0.4) is 0 Å². The van der Waals surface area contributed by atoms with Crippen LogP contribution in [0.25, 0.3) is 0 Å². The van der Waals surface area contributed by atoms with Gasteiger partial charge < -0.3 is 0 Å². The van der Waals surface area contributed by atoms with Crippen LogP contribution in [-0.4, -0.2) is 23.8 Å². The van der Waals surface area contributed by atoms with Crippen molar-refractivity contribution in [1.29, 1.82) is 0 Å². The Balaban J connectivity index is 1.64. The van der Waals surface area contributed by atoms with Crippen molar-refractivity contribution in [2.45, 2.75) is 38.6 Å². The standard InChI is InChI=1S/C16H21NO/c18-16-8-4-3-7-15(16)12-17-10-9-13-5-1-2-6-14(13)11-17/h1-2,5-6,15H,3-4,7-12H2. The summed E-state index contributed by atoms with van der Waals surface area (Å²) in [6, 6.07) is 8.70. The van der Waals surface area contributed by atoms with Crippen molar-refractivity contribution >= 4 is 5.78 Å². The molecule has 2 nitrogen and oxygen atoms in total. The maximum absolute atomic E-state index is 11.9. The molecule has 1 aromatic carbocycles. The lowest BCUT2D eigenvalue weighted by molar-refractivity contribution is -0.125. The highest BCUT2D eigenvalue weighted by Crippen LogP contribution is 2.24. The molecule has 18 heavy (non-hydrogen) atoms. The van der Waals surface area contributed by atoms with E-state index in [2.05, 4.69) is 29.2 Å². The fourth-order valence-corrected chi connectivity index (χ4v) is 3.27. The molecule has 2 aliphatic rings. The molecule has 1 atom stereocenters. The smallest absolute Gasteiger partial charge is 0.137 e. The van der Waals surface area contributed by atoms with Gasteiger partial charge in [-0.15, -0.1) is 0 Å². The fourth-order valence-electron chi connectivity index (χ4n) is 3.27. The summed E-state index contributed by atoms with van der Waals surface area (Å²) in [4.78, 5) is 14.4. The molecule has 0 amide bonds. The van der Waals surface area contributed by atoms with Gasteiger partial charge in [0.15, 0.2) is 0 Å². The predicted octanol–water partition coefficient (Wildman–Crippen LogP) is 2.80. The highest BCUT2D eigenvalue weighted by atomic mass is 16.1. The van der Waals surface area contributed by atoms with Crippen molar-refractivity contribution in [3.63, 3.8) is 0 Å². The van der Waals surface area contributed by atoms with Crippen molar-refractivity contribution in [2.24, 2.45) is 5.92 Å². The first kappa shape index (κ1) is 11.9. The highest BCUT2D eigenvalue weighted by molar-refractivity contribution is 5.81. The lowest BCUT2D eigenvalue weighted by Gasteiger charge is -2.32. The van der Waals surface area contributed by atoms with Gasteiger partial charge >= 0.3 is 0 Å². The van der Waals surface area contributed by atoms with Crippen LogP contribution in [0.1, 0.15) is 36.8 Å². The average Bonchev–Trinajstić information content (AvgIpc) is 2.41. The Bertz CT molecular complexity index is 440. The molecule has 0 N–H and O–H groups in total. The molecule has 0 aromatic heterocycles. The molecular formula is C16H21NO.